The maximum atomic E-state index is 10.4. The molecule has 3 heteroatoms. The molecule has 0 fully saturated rings. The molecule has 0 amide bonds. The zero-order valence-corrected chi connectivity index (χ0v) is 11.7. The molecule has 3 nitrogen and oxygen atoms in total. The molecule has 1 aromatic carbocycles. The fourth-order valence-corrected chi connectivity index (χ4v) is 2.81. The lowest BCUT2D eigenvalue weighted by atomic mass is 9.88. The summed E-state index contributed by atoms with van der Waals surface area (Å²) >= 11 is 0. The predicted molar refractivity (Wildman–Crippen MR) is 77.0 cm³/mol. The molecule has 1 N–H and O–H groups in total. The van der Waals surface area contributed by atoms with Gasteiger partial charge in [-0.25, -0.2) is 0 Å². The van der Waals surface area contributed by atoms with E-state index in [1.807, 2.05) is 37.3 Å². The van der Waals surface area contributed by atoms with Gasteiger partial charge in [-0.1, -0.05) is 25.1 Å². The first kappa shape index (κ1) is 13.3. The van der Waals surface area contributed by atoms with Crippen LogP contribution in [0, 0.1) is 0 Å². The second-order valence-corrected chi connectivity index (χ2v) is 5.28. The van der Waals surface area contributed by atoms with Gasteiger partial charge < -0.3 is 14.3 Å². The molecule has 0 saturated carbocycles. The summed E-state index contributed by atoms with van der Waals surface area (Å²) in [4.78, 5) is 0. The van der Waals surface area contributed by atoms with Crippen LogP contribution >= 0.6 is 0 Å². The van der Waals surface area contributed by atoms with Crippen LogP contribution in [0.3, 0.4) is 0 Å². The molecule has 0 bridgehead atoms. The molecule has 2 heterocycles. The van der Waals surface area contributed by atoms with Gasteiger partial charge in [0.15, 0.2) is 0 Å². The van der Waals surface area contributed by atoms with Crippen LogP contribution in [0.15, 0.2) is 40.8 Å². The lowest BCUT2D eigenvalue weighted by Crippen LogP contribution is -2.16. The lowest BCUT2D eigenvalue weighted by Gasteiger charge is -2.27. The third-order valence-electron chi connectivity index (χ3n) is 3.95. The topological polar surface area (TPSA) is 42.6 Å². The summed E-state index contributed by atoms with van der Waals surface area (Å²) in [6.45, 7) is 2.76. The van der Waals surface area contributed by atoms with E-state index in [2.05, 4.69) is 6.07 Å². The van der Waals surface area contributed by atoms with Crippen LogP contribution in [0.4, 0.5) is 0 Å². The number of hydrogen-bond donors (Lipinski definition) is 1. The standard InChI is InChI=1S/C17H20O3/c1-2-13-7-8-17(20-13)15(18)11-12-9-10-19-16-6-4-3-5-14(12)16/h3-8,12,15,18H,2,9-11H2,1H3. The van der Waals surface area contributed by atoms with Crippen LogP contribution < -0.4 is 4.74 Å². The SMILES string of the molecule is CCc1ccc(C(O)CC2CCOc3ccccc32)o1. The lowest BCUT2D eigenvalue weighted by molar-refractivity contribution is 0.121. The highest BCUT2D eigenvalue weighted by Gasteiger charge is 2.25. The third-order valence-corrected chi connectivity index (χ3v) is 3.95. The Bertz CT molecular complexity index is 573. The minimum atomic E-state index is -0.550. The van der Waals surface area contributed by atoms with Gasteiger partial charge in [-0.15, -0.1) is 0 Å². The van der Waals surface area contributed by atoms with Gasteiger partial charge in [-0.3, -0.25) is 0 Å². The molecule has 0 radical (unpaired) electrons. The molecule has 2 unspecified atom stereocenters. The van der Waals surface area contributed by atoms with E-state index in [0.717, 1.165) is 24.4 Å². The number of aryl methyl sites for hydroxylation is 1. The molecular formula is C17H20O3. The fourth-order valence-electron chi connectivity index (χ4n) is 2.81. The van der Waals surface area contributed by atoms with Crippen molar-refractivity contribution in [2.24, 2.45) is 0 Å². The number of fused-ring (bicyclic) bond motifs is 1. The zero-order chi connectivity index (χ0) is 13.9. The van der Waals surface area contributed by atoms with Crippen molar-refractivity contribution in [1.29, 1.82) is 0 Å². The van der Waals surface area contributed by atoms with Crippen molar-refractivity contribution in [3.05, 3.63) is 53.5 Å². The van der Waals surface area contributed by atoms with E-state index >= 15 is 0 Å². The maximum absolute atomic E-state index is 10.4. The van der Waals surface area contributed by atoms with Crippen molar-refractivity contribution < 1.29 is 14.3 Å². The second kappa shape index (κ2) is 5.71. The maximum Gasteiger partial charge on any atom is 0.132 e. The van der Waals surface area contributed by atoms with E-state index in [9.17, 15) is 5.11 Å². The molecule has 0 saturated heterocycles. The number of ether oxygens (including phenoxy) is 1. The Hall–Kier alpha value is -1.74. The van der Waals surface area contributed by atoms with Crippen LogP contribution in [0.1, 0.15) is 48.9 Å². The molecule has 0 spiro atoms. The van der Waals surface area contributed by atoms with Gasteiger partial charge >= 0.3 is 0 Å². The Morgan fingerprint density at radius 2 is 2.10 bits per heavy atom. The smallest absolute Gasteiger partial charge is 0.132 e. The second-order valence-electron chi connectivity index (χ2n) is 5.28. The normalized spacial score (nSPS) is 19.2. The first-order valence-corrected chi connectivity index (χ1v) is 7.26. The molecule has 2 atom stereocenters. The first-order chi connectivity index (χ1) is 9.78. The summed E-state index contributed by atoms with van der Waals surface area (Å²) in [5.41, 5.74) is 1.19. The molecule has 1 aliphatic rings. The summed E-state index contributed by atoms with van der Waals surface area (Å²) < 4.78 is 11.3. The van der Waals surface area contributed by atoms with Crippen LogP contribution in [0.25, 0.3) is 0 Å². The van der Waals surface area contributed by atoms with Crippen molar-refractivity contribution >= 4 is 0 Å². The van der Waals surface area contributed by atoms with Gasteiger partial charge in [0.05, 0.1) is 6.61 Å². The highest BCUT2D eigenvalue weighted by Crippen LogP contribution is 2.38. The van der Waals surface area contributed by atoms with Gasteiger partial charge in [0.1, 0.15) is 23.4 Å². The molecule has 0 aliphatic carbocycles. The molecule has 2 aromatic rings. The van der Waals surface area contributed by atoms with Crippen molar-refractivity contribution in [3.8, 4) is 5.75 Å². The van der Waals surface area contributed by atoms with Crippen molar-refractivity contribution in [2.45, 2.75) is 38.2 Å². The zero-order valence-electron chi connectivity index (χ0n) is 11.7. The third kappa shape index (κ3) is 2.59. The Balaban J connectivity index is 1.75. The summed E-state index contributed by atoms with van der Waals surface area (Å²) in [7, 11) is 0. The minimum Gasteiger partial charge on any atom is -0.493 e. The molecular weight excluding hydrogens is 252 g/mol. The number of aliphatic hydroxyl groups is 1. The van der Waals surface area contributed by atoms with E-state index in [1.54, 1.807) is 0 Å². The Labute approximate surface area is 119 Å². The van der Waals surface area contributed by atoms with E-state index in [0.29, 0.717) is 24.7 Å². The van der Waals surface area contributed by atoms with Gasteiger partial charge in [0.25, 0.3) is 0 Å². The molecule has 1 aliphatic heterocycles. The first-order valence-electron chi connectivity index (χ1n) is 7.26. The fraction of sp³-hybridized carbons (Fsp3) is 0.412. The molecule has 20 heavy (non-hydrogen) atoms. The van der Waals surface area contributed by atoms with Crippen molar-refractivity contribution in [2.75, 3.05) is 6.61 Å². The molecule has 106 valence electrons. The summed E-state index contributed by atoms with van der Waals surface area (Å²) in [6, 6.07) is 11.9. The minimum absolute atomic E-state index is 0.324. The van der Waals surface area contributed by atoms with Gasteiger partial charge in [-0.05, 0) is 42.5 Å². The number of furan rings is 1. The molecule has 3 rings (SSSR count). The van der Waals surface area contributed by atoms with E-state index in [-0.39, 0.29) is 0 Å². The van der Waals surface area contributed by atoms with Crippen LogP contribution in [-0.4, -0.2) is 11.7 Å². The number of hydrogen-bond acceptors (Lipinski definition) is 3. The Kier molecular flexibility index (Phi) is 3.79. The van der Waals surface area contributed by atoms with Gasteiger partial charge in [-0.2, -0.15) is 0 Å². The highest BCUT2D eigenvalue weighted by atomic mass is 16.5. The highest BCUT2D eigenvalue weighted by molar-refractivity contribution is 5.37. The number of para-hydroxylation sites is 1. The van der Waals surface area contributed by atoms with Gasteiger partial charge in [0.2, 0.25) is 0 Å². The largest absolute Gasteiger partial charge is 0.493 e. The number of aliphatic hydroxyl groups excluding tert-OH is 1. The Morgan fingerprint density at radius 3 is 2.90 bits per heavy atom. The monoisotopic (exact) mass is 272 g/mol. The van der Waals surface area contributed by atoms with E-state index in [4.69, 9.17) is 9.15 Å². The van der Waals surface area contributed by atoms with Crippen molar-refractivity contribution in [3.63, 3.8) is 0 Å². The average molecular weight is 272 g/mol. The van der Waals surface area contributed by atoms with Crippen molar-refractivity contribution in [1.82, 2.24) is 0 Å². The summed E-state index contributed by atoms with van der Waals surface area (Å²) in [5.74, 6) is 2.87. The van der Waals surface area contributed by atoms with E-state index < -0.39 is 6.10 Å². The van der Waals surface area contributed by atoms with E-state index in [1.165, 1.54) is 5.56 Å². The van der Waals surface area contributed by atoms with Crippen LogP contribution in [-0.2, 0) is 6.42 Å². The average Bonchev–Trinajstić information content (AvgIpc) is 2.97. The Morgan fingerprint density at radius 1 is 1.25 bits per heavy atom. The number of rotatable bonds is 4. The van der Waals surface area contributed by atoms with Crippen LogP contribution in [0.5, 0.6) is 5.75 Å². The number of benzene rings is 1. The quantitative estimate of drug-likeness (QED) is 0.919. The summed E-state index contributed by atoms with van der Waals surface area (Å²) in [5, 5.41) is 10.4. The predicted octanol–water partition coefficient (Wildman–Crippen LogP) is 3.83. The summed E-state index contributed by atoms with van der Waals surface area (Å²) in [6.07, 6.45) is 1.92. The van der Waals surface area contributed by atoms with Crippen LogP contribution in [0.2, 0.25) is 0 Å². The van der Waals surface area contributed by atoms with Gasteiger partial charge in [0, 0.05) is 6.42 Å². The molecule has 1 aromatic heterocycles.